The number of halogens is 2. The molecule has 0 saturated carbocycles. The summed E-state index contributed by atoms with van der Waals surface area (Å²) in [6, 6.07) is 3.31. The third-order valence-electron chi connectivity index (χ3n) is 2.41. The second-order valence-electron chi connectivity index (χ2n) is 4.06. The molecule has 0 heterocycles. The molecule has 0 aliphatic rings. The van der Waals surface area contributed by atoms with Gasteiger partial charge in [0, 0.05) is 12.7 Å². The maximum Gasteiger partial charge on any atom is 0.126 e. The maximum atomic E-state index is 12.8. The van der Waals surface area contributed by atoms with Crippen LogP contribution >= 0.6 is 0 Å². The lowest BCUT2D eigenvalue weighted by molar-refractivity contribution is 0.0696. The average Bonchev–Trinajstić information content (AvgIpc) is 2.23. The van der Waals surface area contributed by atoms with Crippen molar-refractivity contribution in [1.29, 1.82) is 0 Å². The second kappa shape index (κ2) is 7.35. The first-order chi connectivity index (χ1) is 8.11. The van der Waals surface area contributed by atoms with Gasteiger partial charge in [-0.3, -0.25) is 0 Å². The summed E-state index contributed by atoms with van der Waals surface area (Å²) in [4.78, 5) is 0. The molecule has 0 aliphatic carbocycles. The van der Waals surface area contributed by atoms with Crippen LogP contribution in [-0.4, -0.2) is 17.8 Å². The number of hydrogen-bond acceptors (Lipinski definition) is 2. The summed E-state index contributed by atoms with van der Waals surface area (Å²) in [5.74, 6) is -1.20. The molecular weight excluding hydrogens is 226 g/mol. The van der Waals surface area contributed by atoms with Crippen molar-refractivity contribution in [2.75, 3.05) is 6.61 Å². The van der Waals surface area contributed by atoms with E-state index >= 15 is 0 Å². The molecule has 2 nitrogen and oxygen atoms in total. The normalized spacial score (nSPS) is 12.7. The van der Waals surface area contributed by atoms with E-state index in [0.717, 1.165) is 18.9 Å². The Morgan fingerprint density at radius 2 is 1.82 bits per heavy atom. The zero-order chi connectivity index (χ0) is 12.7. The first-order valence-electron chi connectivity index (χ1n) is 5.82. The zero-order valence-electron chi connectivity index (χ0n) is 9.96. The maximum absolute atomic E-state index is 12.8. The smallest absolute Gasteiger partial charge is 0.126 e. The predicted octanol–water partition coefficient (Wildman–Crippen LogP) is 3.03. The highest BCUT2D eigenvalue weighted by atomic mass is 19.1. The zero-order valence-corrected chi connectivity index (χ0v) is 9.96. The molecule has 1 aromatic rings. The minimum Gasteiger partial charge on any atom is -0.393 e. The third kappa shape index (κ3) is 5.75. The van der Waals surface area contributed by atoms with Crippen molar-refractivity contribution >= 4 is 0 Å². The average molecular weight is 244 g/mol. The summed E-state index contributed by atoms with van der Waals surface area (Å²) in [6.45, 7) is 2.55. The van der Waals surface area contributed by atoms with Crippen LogP contribution in [0.15, 0.2) is 18.2 Å². The third-order valence-corrected chi connectivity index (χ3v) is 2.41. The number of rotatable bonds is 7. The lowest BCUT2D eigenvalue weighted by Gasteiger charge is -2.09. The van der Waals surface area contributed by atoms with E-state index in [1.807, 2.05) is 6.92 Å². The van der Waals surface area contributed by atoms with Gasteiger partial charge in [-0.25, -0.2) is 8.78 Å². The van der Waals surface area contributed by atoms with E-state index in [1.54, 1.807) is 0 Å². The van der Waals surface area contributed by atoms with Gasteiger partial charge in [0.2, 0.25) is 0 Å². The van der Waals surface area contributed by atoms with Gasteiger partial charge in [-0.05, 0) is 30.5 Å². The summed E-state index contributed by atoms with van der Waals surface area (Å²) in [5.41, 5.74) is 0.465. The number of ether oxygens (including phenoxy) is 1. The fourth-order valence-electron chi connectivity index (χ4n) is 1.58. The summed E-state index contributed by atoms with van der Waals surface area (Å²) in [6.07, 6.45) is 1.86. The van der Waals surface area contributed by atoms with Crippen LogP contribution in [-0.2, 0) is 11.3 Å². The molecule has 0 amide bonds. The van der Waals surface area contributed by atoms with Gasteiger partial charge in [0.25, 0.3) is 0 Å². The molecule has 1 unspecified atom stereocenters. The van der Waals surface area contributed by atoms with Crippen LogP contribution < -0.4 is 0 Å². The van der Waals surface area contributed by atoms with Crippen LogP contribution in [0, 0.1) is 11.6 Å². The molecular formula is C13H18F2O2. The highest BCUT2D eigenvalue weighted by molar-refractivity contribution is 5.16. The Hall–Kier alpha value is -1.00. The number of hydrogen-bond donors (Lipinski definition) is 1. The summed E-state index contributed by atoms with van der Waals surface area (Å²) < 4.78 is 30.9. The lowest BCUT2D eigenvalue weighted by atomic mass is 10.1. The van der Waals surface area contributed by atoms with Gasteiger partial charge < -0.3 is 9.84 Å². The van der Waals surface area contributed by atoms with E-state index < -0.39 is 11.6 Å². The van der Waals surface area contributed by atoms with E-state index in [9.17, 15) is 13.9 Å². The summed E-state index contributed by atoms with van der Waals surface area (Å²) in [7, 11) is 0. The molecule has 0 aromatic heterocycles. The molecule has 0 radical (unpaired) electrons. The Balaban J connectivity index is 2.26. The van der Waals surface area contributed by atoms with Crippen molar-refractivity contribution in [2.45, 2.75) is 38.9 Å². The number of aliphatic hydroxyl groups excluding tert-OH is 1. The fraction of sp³-hybridized carbons (Fsp3) is 0.538. The van der Waals surface area contributed by atoms with Crippen LogP contribution in [0.25, 0.3) is 0 Å². The van der Waals surface area contributed by atoms with Gasteiger partial charge in [-0.15, -0.1) is 0 Å². The van der Waals surface area contributed by atoms with Crippen LogP contribution in [0.3, 0.4) is 0 Å². The van der Waals surface area contributed by atoms with Crippen LogP contribution in [0.1, 0.15) is 31.7 Å². The fourth-order valence-corrected chi connectivity index (χ4v) is 1.58. The van der Waals surface area contributed by atoms with E-state index in [-0.39, 0.29) is 12.7 Å². The van der Waals surface area contributed by atoms with Crippen LogP contribution in [0.4, 0.5) is 8.78 Å². The van der Waals surface area contributed by atoms with Crippen molar-refractivity contribution in [1.82, 2.24) is 0 Å². The monoisotopic (exact) mass is 244 g/mol. The molecule has 1 rings (SSSR count). The van der Waals surface area contributed by atoms with Crippen molar-refractivity contribution in [3.63, 3.8) is 0 Å². The highest BCUT2D eigenvalue weighted by Gasteiger charge is 2.03. The lowest BCUT2D eigenvalue weighted by Crippen LogP contribution is -2.10. The molecule has 1 aromatic carbocycles. The molecule has 1 atom stereocenters. The molecule has 0 bridgehead atoms. The highest BCUT2D eigenvalue weighted by Crippen LogP contribution is 2.09. The number of aliphatic hydroxyl groups is 1. The molecule has 96 valence electrons. The second-order valence-corrected chi connectivity index (χ2v) is 4.06. The quantitative estimate of drug-likeness (QED) is 0.747. The van der Waals surface area contributed by atoms with Gasteiger partial charge in [0.15, 0.2) is 0 Å². The number of benzene rings is 1. The van der Waals surface area contributed by atoms with Crippen molar-refractivity contribution in [3.05, 3.63) is 35.4 Å². The summed E-state index contributed by atoms with van der Waals surface area (Å²) >= 11 is 0. The Morgan fingerprint density at radius 1 is 1.18 bits per heavy atom. The van der Waals surface area contributed by atoms with E-state index in [0.29, 0.717) is 18.6 Å². The first kappa shape index (κ1) is 14.1. The van der Waals surface area contributed by atoms with Gasteiger partial charge in [0.1, 0.15) is 11.6 Å². The SMILES string of the molecule is CCCC(O)CCOCc1cc(F)cc(F)c1. The first-order valence-corrected chi connectivity index (χ1v) is 5.82. The Kier molecular flexibility index (Phi) is 6.08. The molecule has 1 N–H and O–H groups in total. The molecule has 0 saturated heterocycles. The van der Waals surface area contributed by atoms with E-state index in [4.69, 9.17) is 4.74 Å². The van der Waals surface area contributed by atoms with Gasteiger partial charge in [-0.1, -0.05) is 13.3 Å². The molecule has 4 heteroatoms. The summed E-state index contributed by atoms with van der Waals surface area (Å²) in [5, 5.41) is 9.43. The van der Waals surface area contributed by atoms with Gasteiger partial charge in [-0.2, -0.15) is 0 Å². The largest absolute Gasteiger partial charge is 0.393 e. The van der Waals surface area contributed by atoms with Crippen molar-refractivity contribution in [2.24, 2.45) is 0 Å². The molecule has 0 aliphatic heterocycles. The predicted molar refractivity (Wildman–Crippen MR) is 61.5 cm³/mol. The Labute approximate surface area is 100 Å². The van der Waals surface area contributed by atoms with Crippen LogP contribution in [0.5, 0.6) is 0 Å². The Bertz CT molecular complexity index is 322. The van der Waals surface area contributed by atoms with Crippen molar-refractivity contribution in [3.8, 4) is 0 Å². The van der Waals surface area contributed by atoms with Gasteiger partial charge >= 0.3 is 0 Å². The van der Waals surface area contributed by atoms with Crippen LogP contribution in [0.2, 0.25) is 0 Å². The minimum absolute atomic E-state index is 0.160. The molecule has 17 heavy (non-hydrogen) atoms. The standard InChI is InChI=1S/C13H18F2O2/c1-2-3-13(16)4-5-17-9-10-6-11(14)8-12(15)7-10/h6-8,13,16H,2-5,9H2,1H3. The minimum atomic E-state index is -0.602. The van der Waals surface area contributed by atoms with E-state index in [2.05, 4.69) is 0 Å². The molecule has 0 spiro atoms. The van der Waals surface area contributed by atoms with Gasteiger partial charge in [0.05, 0.1) is 12.7 Å². The molecule has 0 fully saturated rings. The van der Waals surface area contributed by atoms with Crippen molar-refractivity contribution < 1.29 is 18.6 Å². The van der Waals surface area contributed by atoms with E-state index in [1.165, 1.54) is 12.1 Å². The topological polar surface area (TPSA) is 29.5 Å². The Morgan fingerprint density at radius 3 is 2.41 bits per heavy atom.